The van der Waals surface area contributed by atoms with E-state index in [4.69, 9.17) is 0 Å². The number of H-pyrrole nitrogens is 1. The van der Waals surface area contributed by atoms with Crippen molar-refractivity contribution in [3.63, 3.8) is 0 Å². The summed E-state index contributed by atoms with van der Waals surface area (Å²) in [5.74, 6) is 0. The molecule has 0 aliphatic rings. The monoisotopic (exact) mass is 215 g/mol. The average molecular weight is 215 g/mol. The summed E-state index contributed by atoms with van der Waals surface area (Å²) in [5.41, 5.74) is 3.52. The molecule has 1 aromatic carbocycles. The maximum Gasteiger partial charge on any atom is 0.0925 e. The highest BCUT2D eigenvalue weighted by Crippen LogP contribution is 2.12. The topological polar surface area (TPSA) is 40.7 Å². The van der Waals surface area contributed by atoms with Gasteiger partial charge in [-0.2, -0.15) is 0 Å². The zero-order chi connectivity index (χ0) is 11.4. The molecule has 0 aliphatic heterocycles. The lowest BCUT2D eigenvalue weighted by Gasteiger charge is -2.13. The number of hydrogen-bond acceptors (Lipinski definition) is 2. The summed E-state index contributed by atoms with van der Waals surface area (Å²) in [4.78, 5) is 7.34. The molecule has 3 nitrogen and oxygen atoms in total. The molecule has 0 radical (unpaired) electrons. The third-order valence-corrected chi connectivity index (χ3v) is 2.81. The van der Waals surface area contributed by atoms with Crippen molar-refractivity contribution >= 4 is 0 Å². The first kappa shape index (κ1) is 10.9. The minimum atomic E-state index is 0.345. The van der Waals surface area contributed by atoms with E-state index in [0.717, 1.165) is 17.9 Å². The molecule has 0 aliphatic carbocycles. The number of nitrogens with one attached hydrogen (secondary N) is 2. The van der Waals surface area contributed by atoms with Gasteiger partial charge in [-0.3, -0.25) is 0 Å². The Bertz CT molecular complexity index is 433. The summed E-state index contributed by atoms with van der Waals surface area (Å²) >= 11 is 0. The number of imidazole rings is 1. The highest BCUT2D eigenvalue weighted by molar-refractivity contribution is 5.18. The van der Waals surface area contributed by atoms with Gasteiger partial charge in [0.05, 0.1) is 12.0 Å². The van der Waals surface area contributed by atoms with Crippen LogP contribution in [0.3, 0.4) is 0 Å². The van der Waals surface area contributed by atoms with E-state index < -0.39 is 0 Å². The van der Waals surface area contributed by atoms with E-state index in [2.05, 4.69) is 46.5 Å². The third kappa shape index (κ3) is 2.49. The van der Waals surface area contributed by atoms with E-state index in [-0.39, 0.29) is 0 Å². The Balaban J connectivity index is 1.94. The van der Waals surface area contributed by atoms with Gasteiger partial charge in [0.25, 0.3) is 0 Å². The fraction of sp³-hybridized carbons (Fsp3) is 0.308. The van der Waals surface area contributed by atoms with E-state index in [9.17, 15) is 0 Å². The van der Waals surface area contributed by atoms with Crippen molar-refractivity contribution in [1.29, 1.82) is 0 Å². The van der Waals surface area contributed by atoms with Crippen LogP contribution in [0.25, 0.3) is 0 Å². The molecule has 16 heavy (non-hydrogen) atoms. The zero-order valence-corrected chi connectivity index (χ0v) is 9.70. The van der Waals surface area contributed by atoms with Crippen molar-refractivity contribution in [3.05, 3.63) is 53.6 Å². The van der Waals surface area contributed by atoms with Crippen molar-refractivity contribution in [3.8, 4) is 0 Å². The lowest BCUT2D eigenvalue weighted by molar-refractivity contribution is 0.567. The summed E-state index contributed by atoms with van der Waals surface area (Å²) in [6, 6.07) is 10.8. The Morgan fingerprint density at radius 3 is 2.69 bits per heavy atom. The zero-order valence-electron chi connectivity index (χ0n) is 9.70. The molecule has 0 fully saturated rings. The molecule has 1 unspecified atom stereocenters. The summed E-state index contributed by atoms with van der Waals surface area (Å²) < 4.78 is 0. The van der Waals surface area contributed by atoms with E-state index >= 15 is 0 Å². The molecule has 0 spiro atoms. The second-order valence-corrected chi connectivity index (χ2v) is 3.99. The highest BCUT2D eigenvalue weighted by Gasteiger charge is 2.06. The Morgan fingerprint density at radius 2 is 2.06 bits per heavy atom. The van der Waals surface area contributed by atoms with Crippen LogP contribution >= 0.6 is 0 Å². The predicted octanol–water partition coefficient (Wildman–Crippen LogP) is 2.57. The molecule has 0 bridgehead atoms. The Labute approximate surface area is 95.9 Å². The highest BCUT2D eigenvalue weighted by atomic mass is 15.0. The van der Waals surface area contributed by atoms with Crippen LogP contribution in [0.5, 0.6) is 0 Å². The number of rotatable bonds is 4. The van der Waals surface area contributed by atoms with Gasteiger partial charge in [-0.15, -0.1) is 0 Å². The molecule has 1 heterocycles. The molecule has 2 rings (SSSR count). The maximum atomic E-state index is 4.26. The van der Waals surface area contributed by atoms with Crippen molar-refractivity contribution in [2.75, 3.05) is 0 Å². The van der Waals surface area contributed by atoms with Gasteiger partial charge in [0.1, 0.15) is 0 Å². The van der Waals surface area contributed by atoms with Gasteiger partial charge in [-0.1, -0.05) is 30.3 Å². The quantitative estimate of drug-likeness (QED) is 0.823. The first-order chi connectivity index (χ1) is 7.77. The van der Waals surface area contributed by atoms with Crippen LogP contribution in [0.1, 0.15) is 29.9 Å². The molecule has 2 aromatic rings. The van der Waals surface area contributed by atoms with E-state index in [1.165, 1.54) is 5.56 Å². The smallest absolute Gasteiger partial charge is 0.0925 e. The Morgan fingerprint density at radius 1 is 1.31 bits per heavy atom. The average Bonchev–Trinajstić information content (AvgIpc) is 2.73. The van der Waals surface area contributed by atoms with Gasteiger partial charge in [-0.25, -0.2) is 4.98 Å². The molecule has 0 saturated carbocycles. The molecule has 1 atom stereocenters. The second-order valence-electron chi connectivity index (χ2n) is 3.99. The van der Waals surface area contributed by atoms with Gasteiger partial charge >= 0.3 is 0 Å². The van der Waals surface area contributed by atoms with Crippen LogP contribution in [-0.2, 0) is 6.54 Å². The molecular weight excluding hydrogens is 198 g/mol. The summed E-state index contributed by atoms with van der Waals surface area (Å²) in [6.07, 6.45) is 1.74. The van der Waals surface area contributed by atoms with Crippen molar-refractivity contribution in [2.24, 2.45) is 0 Å². The number of aromatic amines is 1. The molecule has 3 heteroatoms. The first-order valence-electron chi connectivity index (χ1n) is 5.54. The number of benzene rings is 1. The summed E-state index contributed by atoms with van der Waals surface area (Å²) in [6.45, 7) is 5.00. The lowest BCUT2D eigenvalue weighted by Crippen LogP contribution is -2.18. The minimum Gasteiger partial charge on any atom is -0.348 e. The van der Waals surface area contributed by atoms with E-state index in [1.807, 2.05) is 13.0 Å². The maximum absolute atomic E-state index is 4.26. The fourth-order valence-electron chi connectivity index (χ4n) is 1.67. The Kier molecular flexibility index (Phi) is 3.37. The molecule has 0 amide bonds. The van der Waals surface area contributed by atoms with Crippen LogP contribution in [-0.4, -0.2) is 9.97 Å². The van der Waals surface area contributed by atoms with Crippen molar-refractivity contribution < 1.29 is 0 Å². The van der Waals surface area contributed by atoms with E-state index in [1.54, 1.807) is 6.33 Å². The summed E-state index contributed by atoms with van der Waals surface area (Å²) in [5, 5.41) is 3.46. The van der Waals surface area contributed by atoms with Gasteiger partial charge in [0, 0.05) is 18.3 Å². The normalized spacial score (nSPS) is 12.6. The minimum absolute atomic E-state index is 0.345. The van der Waals surface area contributed by atoms with Crippen molar-refractivity contribution in [2.45, 2.75) is 26.4 Å². The molecular formula is C13H17N3. The number of nitrogens with zero attached hydrogens (tertiary/aromatic N) is 1. The third-order valence-electron chi connectivity index (χ3n) is 2.81. The van der Waals surface area contributed by atoms with Crippen LogP contribution in [0.15, 0.2) is 36.7 Å². The van der Waals surface area contributed by atoms with Crippen LogP contribution < -0.4 is 5.32 Å². The van der Waals surface area contributed by atoms with Gasteiger partial charge in [-0.05, 0) is 19.4 Å². The SMILES string of the molecule is Cc1[nH]cnc1CNC(C)c1ccccc1. The number of aryl methyl sites for hydroxylation is 1. The largest absolute Gasteiger partial charge is 0.348 e. The summed E-state index contributed by atoms with van der Waals surface area (Å²) in [7, 11) is 0. The lowest BCUT2D eigenvalue weighted by atomic mass is 10.1. The second kappa shape index (κ2) is 4.94. The first-order valence-corrected chi connectivity index (χ1v) is 5.54. The van der Waals surface area contributed by atoms with Gasteiger partial charge in [0.2, 0.25) is 0 Å². The number of hydrogen-bond donors (Lipinski definition) is 2. The number of aromatic nitrogens is 2. The molecule has 2 N–H and O–H groups in total. The standard InChI is InChI=1S/C13H17N3/c1-10(12-6-4-3-5-7-12)14-8-13-11(2)15-9-16-13/h3-7,9-10,14H,8H2,1-2H3,(H,15,16). The van der Waals surface area contributed by atoms with E-state index in [0.29, 0.717) is 6.04 Å². The molecule has 1 aromatic heterocycles. The fourth-order valence-corrected chi connectivity index (χ4v) is 1.67. The Hall–Kier alpha value is -1.61. The predicted molar refractivity (Wildman–Crippen MR) is 65.0 cm³/mol. The van der Waals surface area contributed by atoms with Crippen LogP contribution in [0, 0.1) is 6.92 Å². The van der Waals surface area contributed by atoms with Crippen LogP contribution in [0.2, 0.25) is 0 Å². The van der Waals surface area contributed by atoms with Gasteiger partial charge < -0.3 is 10.3 Å². The van der Waals surface area contributed by atoms with Crippen molar-refractivity contribution in [1.82, 2.24) is 15.3 Å². The van der Waals surface area contributed by atoms with Crippen LogP contribution in [0.4, 0.5) is 0 Å². The molecule has 0 saturated heterocycles. The van der Waals surface area contributed by atoms with Gasteiger partial charge in [0.15, 0.2) is 0 Å². The molecule has 84 valence electrons.